The highest BCUT2D eigenvalue weighted by Crippen LogP contribution is 2.38. The van der Waals surface area contributed by atoms with E-state index in [0.717, 1.165) is 5.82 Å². The lowest BCUT2D eigenvalue weighted by atomic mass is 10.4. The number of nitrogens with one attached hydrogen (secondary N) is 2. The van der Waals surface area contributed by atoms with Crippen LogP contribution in [0, 0.1) is 0 Å². The van der Waals surface area contributed by atoms with Crippen molar-refractivity contribution in [2.75, 3.05) is 11.1 Å². The van der Waals surface area contributed by atoms with Gasteiger partial charge in [-0.05, 0) is 25.0 Å². The van der Waals surface area contributed by atoms with Gasteiger partial charge in [0.2, 0.25) is 11.1 Å². The second kappa shape index (κ2) is 5.80. The molecule has 0 spiro atoms. The minimum Gasteiger partial charge on any atom is -0.323 e. The minimum absolute atomic E-state index is 0.164. The highest BCUT2D eigenvalue weighted by Gasteiger charge is 2.27. The lowest BCUT2D eigenvalue weighted by Crippen LogP contribution is -2.14. The van der Waals surface area contributed by atoms with Crippen molar-refractivity contribution in [3.63, 3.8) is 0 Å². The molecule has 6 nitrogen and oxygen atoms in total. The van der Waals surface area contributed by atoms with Gasteiger partial charge in [-0.3, -0.25) is 9.89 Å². The molecule has 104 valence electrons. The Morgan fingerprint density at radius 1 is 1.55 bits per heavy atom. The predicted molar refractivity (Wildman–Crippen MR) is 77.0 cm³/mol. The number of carbonyl (C=O) groups excluding carboxylic acids is 1. The van der Waals surface area contributed by atoms with Crippen LogP contribution in [0.4, 0.5) is 5.69 Å². The van der Waals surface area contributed by atoms with Gasteiger partial charge >= 0.3 is 0 Å². The molecule has 0 bridgehead atoms. The fraction of sp³-hybridized carbons (Fsp3) is 0.333. The third kappa shape index (κ3) is 3.29. The van der Waals surface area contributed by atoms with Crippen molar-refractivity contribution in [1.29, 1.82) is 0 Å². The number of halogens is 1. The minimum atomic E-state index is -0.164. The van der Waals surface area contributed by atoms with Crippen LogP contribution in [0.1, 0.15) is 24.6 Å². The molecule has 1 saturated carbocycles. The molecule has 8 heteroatoms. The van der Waals surface area contributed by atoms with Crippen LogP contribution < -0.4 is 5.32 Å². The zero-order chi connectivity index (χ0) is 13.9. The number of aromatic nitrogens is 4. The topological polar surface area (TPSA) is 83.6 Å². The quantitative estimate of drug-likeness (QED) is 0.655. The lowest BCUT2D eigenvalue weighted by Gasteiger charge is -2.04. The predicted octanol–water partition coefficient (Wildman–Crippen LogP) is 2.46. The normalized spacial score (nSPS) is 14.2. The first-order valence-electron chi connectivity index (χ1n) is 6.18. The molecule has 2 heterocycles. The van der Waals surface area contributed by atoms with E-state index in [2.05, 4.69) is 25.5 Å². The van der Waals surface area contributed by atoms with E-state index in [1.165, 1.54) is 24.6 Å². The number of thioether (sulfide) groups is 1. The Labute approximate surface area is 124 Å². The summed E-state index contributed by atoms with van der Waals surface area (Å²) in [5.74, 6) is 1.51. The van der Waals surface area contributed by atoms with Gasteiger partial charge in [-0.2, -0.15) is 0 Å². The molecule has 1 fully saturated rings. The van der Waals surface area contributed by atoms with Gasteiger partial charge in [0.1, 0.15) is 5.82 Å². The Morgan fingerprint density at radius 2 is 2.40 bits per heavy atom. The van der Waals surface area contributed by atoms with E-state index in [1.54, 1.807) is 18.3 Å². The Balaban J connectivity index is 1.52. The highest BCUT2D eigenvalue weighted by atomic mass is 35.5. The Morgan fingerprint density at radius 3 is 3.15 bits per heavy atom. The molecule has 0 unspecified atom stereocenters. The molecule has 0 saturated heterocycles. The molecular weight excluding hydrogens is 298 g/mol. The van der Waals surface area contributed by atoms with Crippen molar-refractivity contribution in [2.24, 2.45) is 0 Å². The fourth-order valence-electron chi connectivity index (χ4n) is 1.66. The first-order valence-corrected chi connectivity index (χ1v) is 7.54. The largest absolute Gasteiger partial charge is 0.323 e. The van der Waals surface area contributed by atoms with Crippen molar-refractivity contribution < 1.29 is 4.79 Å². The summed E-state index contributed by atoms with van der Waals surface area (Å²) >= 11 is 7.16. The standard InChI is InChI=1S/C12H12ClN5OS/c13-10-8(2-1-5-14-10)15-9(19)6-20-12-16-11(17-18-12)7-3-4-7/h1-2,5,7H,3-4,6H2,(H,15,19)(H,16,17,18). The molecule has 2 N–H and O–H groups in total. The molecule has 0 aliphatic heterocycles. The summed E-state index contributed by atoms with van der Waals surface area (Å²) in [4.78, 5) is 20.0. The molecule has 1 aliphatic carbocycles. The SMILES string of the molecule is O=C(CSc1n[nH]c(C2CC2)n1)Nc1cccnc1Cl. The maximum Gasteiger partial charge on any atom is 0.234 e. The van der Waals surface area contributed by atoms with E-state index >= 15 is 0 Å². The van der Waals surface area contributed by atoms with E-state index in [1.807, 2.05) is 0 Å². The van der Waals surface area contributed by atoms with Crippen molar-refractivity contribution in [3.8, 4) is 0 Å². The number of nitrogens with zero attached hydrogens (tertiary/aromatic N) is 3. The monoisotopic (exact) mass is 309 g/mol. The van der Waals surface area contributed by atoms with Crippen LogP contribution in [0.3, 0.4) is 0 Å². The van der Waals surface area contributed by atoms with E-state index in [-0.39, 0.29) is 16.8 Å². The van der Waals surface area contributed by atoms with Gasteiger partial charge in [-0.25, -0.2) is 9.97 Å². The smallest absolute Gasteiger partial charge is 0.234 e. The van der Waals surface area contributed by atoms with Crippen LogP contribution in [0.25, 0.3) is 0 Å². The second-order valence-corrected chi connectivity index (χ2v) is 5.76. The van der Waals surface area contributed by atoms with Crippen LogP contribution in [0.15, 0.2) is 23.5 Å². The van der Waals surface area contributed by atoms with Gasteiger partial charge in [0, 0.05) is 12.1 Å². The summed E-state index contributed by atoms with van der Waals surface area (Å²) < 4.78 is 0. The van der Waals surface area contributed by atoms with Crippen LogP contribution in [-0.4, -0.2) is 31.8 Å². The number of aromatic amines is 1. The maximum atomic E-state index is 11.8. The number of amides is 1. The van der Waals surface area contributed by atoms with Gasteiger partial charge < -0.3 is 5.32 Å². The van der Waals surface area contributed by atoms with Gasteiger partial charge in [0.15, 0.2) is 5.15 Å². The number of anilines is 1. The lowest BCUT2D eigenvalue weighted by molar-refractivity contribution is -0.113. The summed E-state index contributed by atoms with van der Waals surface area (Å²) in [5.41, 5.74) is 0.508. The maximum absolute atomic E-state index is 11.8. The van der Waals surface area contributed by atoms with Crippen LogP contribution >= 0.6 is 23.4 Å². The second-order valence-electron chi connectivity index (χ2n) is 4.46. The van der Waals surface area contributed by atoms with Crippen molar-refractivity contribution >= 4 is 35.0 Å². The zero-order valence-electron chi connectivity index (χ0n) is 10.5. The number of hydrogen-bond acceptors (Lipinski definition) is 5. The fourth-order valence-corrected chi connectivity index (χ4v) is 2.43. The first kappa shape index (κ1) is 13.4. The van der Waals surface area contributed by atoms with Crippen LogP contribution in [-0.2, 0) is 4.79 Å². The first-order chi connectivity index (χ1) is 9.72. The van der Waals surface area contributed by atoms with E-state index in [9.17, 15) is 4.79 Å². The van der Waals surface area contributed by atoms with Crippen LogP contribution in [0.2, 0.25) is 5.15 Å². The van der Waals surface area contributed by atoms with Gasteiger partial charge in [0.05, 0.1) is 11.4 Å². The zero-order valence-corrected chi connectivity index (χ0v) is 12.0. The van der Waals surface area contributed by atoms with Gasteiger partial charge in [0.25, 0.3) is 0 Å². The van der Waals surface area contributed by atoms with Crippen molar-refractivity contribution in [2.45, 2.75) is 23.9 Å². The Hall–Kier alpha value is -1.60. The number of rotatable bonds is 5. The Kier molecular flexibility index (Phi) is 3.88. The van der Waals surface area contributed by atoms with Crippen molar-refractivity contribution in [3.05, 3.63) is 29.3 Å². The third-order valence-corrected chi connectivity index (χ3v) is 3.96. The molecule has 20 heavy (non-hydrogen) atoms. The van der Waals surface area contributed by atoms with E-state index < -0.39 is 0 Å². The molecular formula is C12H12ClN5OS. The van der Waals surface area contributed by atoms with Gasteiger partial charge in [-0.1, -0.05) is 23.4 Å². The van der Waals surface area contributed by atoms with Gasteiger partial charge in [-0.15, -0.1) is 5.10 Å². The third-order valence-electron chi connectivity index (χ3n) is 2.81. The average molecular weight is 310 g/mol. The Bertz CT molecular complexity index is 628. The summed E-state index contributed by atoms with van der Waals surface area (Å²) in [6.07, 6.45) is 3.90. The van der Waals surface area contributed by atoms with Crippen molar-refractivity contribution in [1.82, 2.24) is 20.2 Å². The summed E-state index contributed by atoms with van der Waals surface area (Å²) in [6.45, 7) is 0. The molecule has 0 atom stereocenters. The molecule has 1 aliphatic rings. The van der Waals surface area contributed by atoms with Crippen LogP contribution in [0.5, 0.6) is 0 Å². The number of carbonyl (C=O) groups is 1. The number of H-pyrrole nitrogens is 1. The molecule has 2 aromatic rings. The highest BCUT2D eigenvalue weighted by molar-refractivity contribution is 7.99. The molecule has 0 radical (unpaired) electrons. The average Bonchev–Trinajstić information content (AvgIpc) is 3.18. The molecule has 3 rings (SSSR count). The number of hydrogen-bond donors (Lipinski definition) is 2. The van der Waals surface area contributed by atoms with E-state index in [0.29, 0.717) is 16.8 Å². The summed E-state index contributed by atoms with van der Waals surface area (Å²) in [6, 6.07) is 3.42. The molecule has 0 aromatic carbocycles. The summed E-state index contributed by atoms with van der Waals surface area (Å²) in [7, 11) is 0. The molecule has 2 aromatic heterocycles. The number of pyridine rings is 1. The summed E-state index contributed by atoms with van der Waals surface area (Å²) in [5, 5.41) is 10.6. The molecule has 1 amide bonds. The van der Waals surface area contributed by atoms with E-state index in [4.69, 9.17) is 11.6 Å².